The molecule has 0 saturated heterocycles. The third kappa shape index (κ3) is 5.05. The van der Waals surface area contributed by atoms with E-state index in [0.717, 1.165) is 16.6 Å². The summed E-state index contributed by atoms with van der Waals surface area (Å²) in [7, 11) is 0. The fourth-order valence-electron chi connectivity index (χ4n) is 3.09. The molecule has 2 heterocycles. The summed E-state index contributed by atoms with van der Waals surface area (Å²) in [6, 6.07) is 17.8. The van der Waals surface area contributed by atoms with Crippen LogP contribution in [-0.4, -0.2) is 26.9 Å². The number of fused-ring (bicyclic) bond motifs is 1. The molecule has 1 atom stereocenters. The number of aromatic amines is 1. The molecule has 0 aliphatic heterocycles. The van der Waals surface area contributed by atoms with E-state index in [0.29, 0.717) is 23.6 Å². The van der Waals surface area contributed by atoms with Gasteiger partial charge in [0.15, 0.2) is 0 Å². The SMILES string of the molecule is CC(NC(=O)NCc1ccc(NC(=O)c2ccncc2)cc1)c1nc2ccccc2[nH]1. The van der Waals surface area contributed by atoms with Crippen molar-refractivity contribution in [2.45, 2.75) is 19.5 Å². The molecule has 4 aromatic rings. The van der Waals surface area contributed by atoms with Gasteiger partial charge in [0.2, 0.25) is 0 Å². The molecule has 4 rings (SSSR count). The molecule has 0 saturated carbocycles. The van der Waals surface area contributed by atoms with Gasteiger partial charge in [0, 0.05) is 30.2 Å². The lowest BCUT2D eigenvalue weighted by molar-refractivity contribution is 0.102. The number of imidazole rings is 1. The highest BCUT2D eigenvalue weighted by Gasteiger charge is 2.13. The van der Waals surface area contributed by atoms with Gasteiger partial charge in [0.25, 0.3) is 5.91 Å². The topological polar surface area (TPSA) is 112 Å². The highest BCUT2D eigenvalue weighted by molar-refractivity contribution is 6.04. The molecule has 0 aliphatic rings. The van der Waals surface area contributed by atoms with Crippen molar-refractivity contribution in [1.82, 2.24) is 25.6 Å². The Morgan fingerprint density at radius 3 is 2.48 bits per heavy atom. The van der Waals surface area contributed by atoms with Crippen LogP contribution in [0.1, 0.15) is 34.7 Å². The molecule has 2 aromatic heterocycles. The highest BCUT2D eigenvalue weighted by atomic mass is 16.2. The predicted molar refractivity (Wildman–Crippen MR) is 119 cm³/mol. The number of H-pyrrole nitrogens is 1. The van der Waals surface area contributed by atoms with Gasteiger partial charge < -0.3 is 20.9 Å². The van der Waals surface area contributed by atoms with E-state index in [9.17, 15) is 9.59 Å². The van der Waals surface area contributed by atoms with Gasteiger partial charge in [-0.1, -0.05) is 24.3 Å². The van der Waals surface area contributed by atoms with Gasteiger partial charge in [-0.3, -0.25) is 9.78 Å². The average Bonchev–Trinajstić information content (AvgIpc) is 3.24. The molecule has 31 heavy (non-hydrogen) atoms. The molecular formula is C23H22N6O2. The number of urea groups is 1. The van der Waals surface area contributed by atoms with Crippen molar-refractivity contribution in [2.75, 3.05) is 5.32 Å². The molecular weight excluding hydrogens is 392 g/mol. The first-order valence-corrected chi connectivity index (χ1v) is 9.88. The zero-order valence-electron chi connectivity index (χ0n) is 16.9. The maximum atomic E-state index is 12.3. The molecule has 2 aromatic carbocycles. The largest absolute Gasteiger partial charge is 0.340 e. The minimum Gasteiger partial charge on any atom is -0.340 e. The van der Waals surface area contributed by atoms with E-state index in [2.05, 4.69) is 30.9 Å². The van der Waals surface area contributed by atoms with Crippen LogP contribution in [0.3, 0.4) is 0 Å². The number of amides is 3. The van der Waals surface area contributed by atoms with Gasteiger partial charge >= 0.3 is 6.03 Å². The van der Waals surface area contributed by atoms with Crippen LogP contribution in [0.5, 0.6) is 0 Å². The smallest absolute Gasteiger partial charge is 0.315 e. The van der Waals surface area contributed by atoms with Gasteiger partial charge in [-0.05, 0) is 48.9 Å². The summed E-state index contributed by atoms with van der Waals surface area (Å²) in [6.45, 7) is 2.23. The molecule has 0 bridgehead atoms. The summed E-state index contributed by atoms with van der Waals surface area (Å²) in [6.07, 6.45) is 3.15. The van der Waals surface area contributed by atoms with Crippen LogP contribution in [0.2, 0.25) is 0 Å². The van der Waals surface area contributed by atoms with E-state index in [1.165, 1.54) is 0 Å². The zero-order valence-corrected chi connectivity index (χ0v) is 16.9. The van der Waals surface area contributed by atoms with Crippen molar-refractivity contribution in [3.63, 3.8) is 0 Å². The summed E-state index contributed by atoms with van der Waals surface area (Å²) in [5.74, 6) is 0.498. The first-order chi connectivity index (χ1) is 15.1. The number of nitrogens with zero attached hydrogens (tertiary/aromatic N) is 2. The van der Waals surface area contributed by atoms with E-state index in [4.69, 9.17) is 0 Å². The number of rotatable bonds is 6. The second kappa shape index (κ2) is 9.08. The van der Waals surface area contributed by atoms with Crippen molar-refractivity contribution in [3.05, 3.63) is 90.0 Å². The summed E-state index contributed by atoms with van der Waals surface area (Å²) in [5, 5.41) is 8.54. The van der Waals surface area contributed by atoms with Crippen molar-refractivity contribution in [3.8, 4) is 0 Å². The number of para-hydroxylation sites is 2. The fraction of sp³-hybridized carbons (Fsp3) is 0.130. The normalized spacial score (nSPS) is 11.6. The molecule has 0 spiro atoms. The molecule has 156 valence electrons. The van der Waals surface area contributed by atoms with Crippen LogP contribution in [-0.2, 0) is 6.54 Å². The third-order valence-corrected chi connectivity index (χ3v) is 4.77. The number of benzene rings is 2. The number of hydrogen-bond donors (Lipinski definition) is 4. The van der Waals surface area contributed by atoms with Gasteiger partial charge in [-0.2, -0.15) is 0 Å². The second-order valence-corrected chi connectivity index (χ2v) is 7.07. The van der Waals surface area contributed by atoms with Crippen LogP contribution < -0.4 is 16.0 Å². The van der Waals surface area contributed by atoms with Crippen molar-refractivity contribution in [1.29, 1.82) is 0 Å². The second-order valence-electron chi connectivity index (χ2n) is 7.07. The van der Waals surface area contributed by atoms with Crippen molar-refractivity contribution < 1.29 is 9.59 Å². The Kier molecular flexibility index (Phi) is 5.89. The maximum Gasteiger partial charge on any atom is 0.315 e. The lowest BCUT2D eigenvalue weighted by atomic mass is 10.2. The van der Waals surface area contributed by atoms with Gasteiger partial charge in [-0.15, -0.1) is 0 Å². The summed E-state index contributed by atoms with van der Waals surface area (Å²) in [4.78, 5) is 36.1. The quantitative estimate of drug-likeness (QED) is 0.385. The van der Waals surface area contributed by atoms with E-state index >= 15 is 0 Å². The lowest BCUT2D eigenvalue weighted by Gasteiger charge is -2.13. The van der Waals surface area contributed by atoms with Gasteiger partial charge in [0.1, 0.15) is 5.82 Å². The Bertz CT molecular complexity index is 1150. The van der Waals surface area contributed by atoms with Crippen LogP contribution in [0, 0.1) is 0 Å². The Morgan fingerprint density at radius 2 is 1.74 bits per heavy atom. The minimum atomic E-state index is -0.289. The molecule has 0 radical (unpaired) electrons. The van der Waals surface area contributed by atoms with E-state index in [-0.39, 0.29) is 18.0 Å². The Labute approximate surface area is 179 Å². The third-order valence-electron chi connectivity index (χ3n) is 4.77. The van der Waals surface area contributed by atoms with E-state index in [1.807, 2.05) is 43.3 Å². The molecule has 8 nitrogen and oxygen atoms in total. The van der Waals surface area contributed by atoms with E-state index in [1.54, 1.807) is 36.7 Å². The van der Waals surface area contributed by atoms with Gasteiger partial charge in [-0.25, -0.2) is 9.78 Å². The summed E-state index contributed by atoms with van der Waals surface area (Å²) < 4.78 is 0. The van der Waals surface area contributed by atoms with Crippen molar-refractivity contribution >= 4 is 28.7 Å². The Morgan fingerprint density at radius 1 is 1.00 bits per heavy atom. The monoisotopic (exact) mass is 414 g/mol. The molecule has 4 N–H and O–H groups in total. The highest BCUT2D eigenvalue weighted by Crippen LogP contribution is 2.15. The molecule has 3 amide bonds. The van der Waals surface area contributed by atoms with E-state index < -0.39 is 0 Å². The maximum absolute atomic E-state index is 12.3. The minimum absolute atomic E-state index is 0.202. The lowest BCUT2D eigenvalue weighted by Crippen LogP contribution is -2.36. The molecule has 0 aliphatic carbocycles. The first kappa shape index (κ1) is 20.1. The number of anilines is 1. The summed E-state index contributed by atoms with van der Waals surface area (Å²) in [5.41, 5.74) is 3.92. The molecule has 8 heteroatoms. The number of pyridine rings is 1. The number of aromatic nitrogens is 3. The Balaban J connectivity index is 1.27. The number of carbonyl (C=O) groups excluding carboxylic acids is 2. The number of carbonyl (C=O) groups is 2. The predicted octanol–water partition coefficient (Wildman–Crippen LogP) is 3.77. The average molecular weight is 414 g/mol. The van der Waals surface area contributed by atoms with Crippen LogP contribution in [0.25, 0.3) is 11.0 Å². The molecule has 0 fully saturated rings. The van der Waals surface area contributed by atoms with Crippen LogP contribution >= 0.6 is 0 Å². The fourth-order valence-corrected chi connectivity index (χ4v) is 3.09. The van der Waals surface area contributed by atoms with Crippen LogP contribution in [0.4, 0.5) is 10.5 Å². The summed E-state index contributed by atoms with van der Waals surface area (Å²) >= 11 is 0. The molecule has 1 unspecified atom stereocenters. The van der Waals surface area contributed by atoms with Gasteiger partial charge in [0.05, 0.1) is 17.1 Å². The van der Waals surface area contributed by atoms with Crippen molar-refractivity contribution in [2.24, 2.45) is 0 Å². The van der Waals surface area contributed by atoms with Crippen LogP contribution in [0.15, 0.2) is 73.1 Å². The zero-order chi connectivity index (χ0) is 21.6. The standard InChI is InChI=1S/C23H22N6O2/c1-15(21-28-19-4-2-3-5-20(19)29-21)26-23(31)25-14-16-6-8-18(9-7-16)27-22(30)17-10-12-24-13-11-17/h2-13,15H,14H2,1H3,(H,27,30)(H,28,29)(H2,25,26,31). The first-order valence-electron chi connectivity index (χ1n) is 9.88. The number of nitrogens with one attached hydrogen (secondary N) is 4. The Hall–Kier alpha value is -4.20. The number of hydrogen-bond acceptors (Lipinski definition) is 4.